The molecule has 0 radical (unpaired) electrons. The van der Waals surface area contributed by atoms with Gasteiger partial charge in [-0.1, -0.05) is 18.2 Å². The van der Waals surface area contributed by atoms with Crippen LogP contribution in [0.25, 0.3) is 22.2 Å². The molecule has 130 valence electrons. The molecule has 2 N–H and O–H groups in total. The van der Waals surface area contributed by atoms with E-state index in [1.807, 2.05) is 22.6 Å². The van der Waals surface area contributed by atoms with Crippen molar-refractivity contribution in [2.45, 2.75) is 6.18 Å². The van der Waals surface area contributed by atoms with Crippen LogP contribution in [0.3, 0.4) is 0 Å². The van der Waals surface area contributed by atoms with Crippen LogP contribution in [0, 0.1) is 3.57 Å². The number of aromatic hydroxyl groups is 1. The standard InChI is InChI=1S/C17H11F3INO3/c1-22-12-7-13(23)10(16(24)25)6-9(12)14(21)15(22)8-4-2-3-5-11(8)17(18,19)20/h2-7,23H,1H3,(H,24,25). The summed E-state index contributed by atoms with van der Waals surface area (Å²) in [7, 11) is 1.58. The first-order valence-corrected chi connectivity index (χ1v) is 8.11. The normalized spacial score (nSPS) is 11.9. The second-order valence-electron chi connectivity index (χ2n) is 5.46. The fraction of sp³-hybridized carbons (Fsp3) is 0.118. The fourth-order valence-electron chi connectivity index (χ4n) is 2.83. The Kier molecular flexibility index (Phi) is 4.18. The third-order valence-electron chi connectivity index (χ3n) is 3.97. The zero-order valence-electron chi connectivity index (χ0n) is 12.7. The van der Waals surface area contributed by atoms with E-state index in [1.165, 1.54) is 34.9 Å². The highest BCUT2D eigenvalue weighted by Crippen LogP contribution is 2.42. The first kappa shape index (κ1) is 17.6. The molecule has 1 aromatic heterocycles. The molecule has 1 heterocycles. The van der Waals surface area contributed by atoms with Crippen LogP contribution < -0.4 is 0 Å². The van der Waals surface area contributed by atoms with E-state index in [-0.39, 0.29) is 11.1 Å². The Balaban J connectivity index is 2.38. The highest BCUT2D eigenvalue weighted by Gasteiger charge is 2.34. The minimum Gasteiger partial charge on any atom is -0.507 e. The van der Waals surface area contributed by atoms with Crippen molar-refractivity contribution in [3.8, 4) is 17.0 Å². The smallest absolute Gasteiger partial charge is 0.417 e. The van der Waals surface area contributed by atoms with Crippen molar-refractivity contribution in [2.24, 2.45) is 7.05 Å². The number of carbonyl (C=O) groups is 1. The van der Waals surface area contributed by atoms with Crippen LogP contribution in [0.1, 0.15) is 15.9 Å². The average molecular weight is 461 g/mol. The number of carboxylic acids is 1. The van der Waals surface area contributed by atoms with E-state index in [2.05, 4.69) is 0 Å². The Bertz CT molecular complexity index is 1010. The van der Waals surface area contributed by atoms with Crippen molar-refractivity contribution in [2.75, 3.05) is 0 Å². The molecule has 8 heteroatoms. The quantitative estimate of drug-likeness (QED) is 0.536. The van der Waals surface area contributed by atoms with Gasteiger partial charge in [-0.2, -0.15) is 13.2 Å². The van der Waals surface area contributed by atoms with Crippen molar-refractivity contribution >= 4 is 39.5 Å². The molecule has 0 unspecified atom stereocenters. The molecule has 0 amide bonds. The zero-order valence-corrected chi connectivity index (χ0v) is 14.9. The number of rotatable bonds is 2. The van der Waals surface area contributed by atoms with Crippen molar-refractivity contribution < 1.29 is 28.2 Å². The molecule has 4 nitrogen and oxygen atoms in total. The molecule has 0 spiro atoms. The first-order chi connectivity index (χ1) is 11.6. The summed E-state index contributed by atoms with van der Waals surface area (Å²) in [5.41, 5.74) is -0.327. The molecule has 25 heavy (non-hydrogen) atoms. The van der Waals surface area contributed by atoms with E-state index in [9.17, 15) is 23.1 Å². The van der Waals surface area contributed by atoms with Crippen LogP contribution in [-0.2, 0) is 13.2 Å². The minimum absolute atomic E-state index is 0.00513. The molecular formula is C17H11F3INO3. The predicted molar refractivity (Wildman–Crippen MR) is 94.7 cm³/mol. The Labute approximate surface area is 153 Å². The maximum atomic E-state index is 13.4. The lowest BCUT2D eigenvalue weighted by Crippen LogP contribution is -2.08. The summed E-state index contributed by atoms with van der Waals surface area (Å²) in [6.07, 6.45) is -4.52. The fourth-order valence-corrected chi connectivity index (χ4v) is 3.92. The summed E-state index contributed by atoms with van der Waals surface area (Å²) in [5, 5.41) is 19.5. The van der Waals surface area contributed by atoms with Crippen LogP contribution in [-0.4, -0.2) is 20.7 Å². The van der Waals surface area contributed by atoms with E-state index in [0.717, 1.165) is 6.07 Å². The lowest BCUT2D eigenvalue weighted by Gasteiger charge is -2.14. The molecule has 3 rings (SSSR count). The summed E-state index contributed by atoms with van der Waals surface area (Å²) < 4.78 is 42.1. The molecule has 0 aliphatic heterocycles. The van der Waals surface area contributed by atoms with Crippen molar-refractivity contribution in [3.63, 3.8) is 0 Å². The number of aryl methyl sites for hydroxylation is 1. The van der Waals surface area contributed by atoms with Crippen molar-refractivity contribution in [1.29, 1.82) is 0 Å². The van der Waals surface area contributed by atoms with Gasteiger partial charge in [-0.05, 0) is 34.7 Å². The van der Waals surface area contributed by atoms with E-state index in [4.69, 9.17) is 5.11 Å². The van der Waals surface area contributed by atoms with Gasteiger partial charge in [0.05, 0.1) is 16.8 Å². The van der Waals surface area contributed by atoms with Gasteiger partial charge in [0, 0.05) is 27.6 Å². The van der Waals surface area contributed by atoms with Gasteiger partial charge in [0.15, 0.2) is 0 Å². The third-order valence-corrected chi connectivity index (χ3v) is 5.07. The van der Waals surface area contributed by atoms with Crippen LogP contribution in [0.4, 0.5) is 13.2 Å². The molecule has 2 aromatic carbocycles. The molecule has 0 saturated carbocycles. The van der Waals surface area contributed by atoms with Gasteiger partial charge in [-0.15, -0.1) is 0 Å². The number of alkyl halides is 3. The van der Waals surface area contributed by atoms with Gasteiger partial charge in [0.25, 0.3) is 0 Å². The Hall–Kier alpha value is -2.23. The first-order valence-electron chi connectivity index (χ1n) is 7.03. The van der Waals surface area contributed by atoms with E-state index in [0.29, 0.717) is 20.2 Å². The van der Waals surface area contributed by atoms with E-state index >= 15 is 0 Å². The Morgan fingerprint density at radius 1 is 1.20 bits per heavy atom. The lowest BCUT2D eigenvalue weighted by atomic mass is 10.0. The van der Waals surface area contributed by atoms with Crippen LogP contribution in [0.2, 0.25) is 0 Å². The van der Waals surface area contributed by atoms with Gasteiger partial charge >= 0.3 is 12.1 Å². The number of nitrogens with zero attached hydrogens (tertiary/aromatic N) is 1. The SMILES string of the molecule is Cn1c(-c2ccccc2C(F)(F)F)c(I)c2cc(C(=O)O)c(O)cc21. The molecule has 0 saturated heterocycles. The van der Waals surface area contributed by atoms with E-state index in [1.54, 1.807) is 7.05 Å². The van der Waals surface area contributed by atoms with Crippen LogP contribution >= 0.6 is 22.6 Å². The molecule has 0 atom stereocenters. The second-order valence-corrected chi connectivity index (χ2v) is 6.54. The number of carboxylic acid groups (broad SMARTS) is 1. The highest BCUT2D eigenvalue weighted by molar-refractivity contribution is 14.1. The average Bonchev–Trinajstić information content (AvgIpc) is 2.76. The van der Waals surface area contributed by atoms with Gasteiger partial charge < -0.3 is 14.8 Å². The predicted octanol–water partition coefficient (Wildman–Crippen LogP) is 4.87. The number of hydrogen-bond donors (Lipinski definition) is 2. The van der Waals surface area contributed by atoms with Gasteiger partial charge in [-0.3, -0.25) is 0 Å². The van der Waals surface area contributed by atoms with Crippen molar-refractivity contribution in [3.05, 3.63) is 51.1 Å². The summed E-state index contributed by atoms with van der Waals surface area (Å²) in [6, 6.07) is 7.73. The minimum atomic E-state index is -4.52. The molecule has 3 aromatic rings. The maximum Gasteiger partial charge on any atom is 0.417 e. The monoisotopic (exact) mass is 461 g/mol. The number of benzene rings is 2. The second kappa shape index (κ2) is 5.94. The molecule has 0 aliphatic rings. The summed E-state index contributed by atoms with van der Waals surface area (Å²) in [4.78, 5) is 11.2. The van der Waals surface area contributed by atoms with Gasteiger partial charge in [-0.25, -0.2) is 4.79 Å². The molecular weight excluding hydrogens is 450 g/mol. The molecule has 0 bridgehead atoms. The largest absolute Gasteiger partial charge is 0.507 e. The summed E-state index contributed by atoms with van der Waals surface area (Å²) in [6.45, 7) is 0. The number of halogens is 4. The lowest BCUT2D eigenvalue weighted by molar-refractivity contribution is -0.137. The topological polar surface area (TPSA) is 62.5 Å². The summed E-state index contributed by atoms with van der Waals surface area (Å²) >= 11 is 1.90. The number of aromatic carboxylic acids is 1. The Morgan fingerprint density at radius 2 is 1.84 bits per heavy atom. The van der Waals surface area contributed by atoms with Crippen LogP contribution in [0.5, 0.6) is 5.75 Å². The van der Waals surface area contributed by atoms with Crippen molar-refractivity contribution in [1.82, 2.24) is 4.57 Å². The Morgan fingerprint density at radius 3 is 2.44 bits per heavy atom. The number of fused-ring (bicyclic) bond motifs is 1. The van der Waals surface area contributed by atoms with E-state index < -0.39 is 23.5 Å². The van der Waals surface area contributed by atoms with Gasteiger partial charge in [0.2, 0.25) is 0 Å². The maximum absolute atomic E-state index is 13.4. The molecule has 0 fully saturated rings. The molecule has 0 aliphatic carbocycles. The highest BCUT2D eigenvalue weighted by atomic mass is 127. The summed E-state index contributed by atoms with van der Waals surface area (Å²) in [5.74, 6) is -1.75. The third kappa shape index (κ3) is 2.84. The van der Waals surface area contributed by atoms with Crippen LogP contribution in [0.15, 0.2) is 36.4 Å². The zero-order chi connectivity index (χ0) is 18.5. The van der Waals surface area contributed by atoms with Gasteiger partial charge in [0.1, 0.15) is 11.3 Å². The number of aromatic nitrogens is 1. The number of phenols is 1. The number of hydrogen-bond acceptors (Lipinski definition) is 2.